The maximum absolute atomic E-state index is 5.30. The highest BCUT2D eigenvalue weighted by atomic mass is 15.0. The summed E-state index contributed by atoms with van der Waals surface area (Å²) in [5, 5.41) is 7.33. The summed E-state index contributed by atoms with van der Waals surface area (Å²) in [6, 6.07) is 53.0. The molecule has 0 unspecified atom stereocenters. The lowest BCUT2D eigenvalue weighted by Crippen LogP contribution is -1.97. The monoisotopic (exact) mass is 679 g/mol. The Labute approximate surface area is 308 Å². The fraction of sp³-hybridized carbons (Fsp3) is 0.0800. The molecule has 0 aliphatic carbocycles. The number of nitrogens with zero attached hydrogens (tertiary/aromatic N) is 3. The minimum absolute atomic E-state index is 0.970. The van der Waals surface area contributed by atoms with Crippen molar-refractivity contribution in [3.05, 3.63) is 174 Å². The Morgan fingerprint density at radius 1 is 0.415 bits per heavy atom. The van der Waals surface area contributed by atoms with Gasteiger partial charge >= 0.3 is 0 Å². The number of rotatable bonds is 4. The van der Waals surface area contributed by atoms with Gasteiger partial charge in [-0.3, -0.25) is 4.98 Å². The summed E-state index contributed by atoms with van der Waals surface area (Å²) in [5.41, 5.74) is 17.4. The molecule has 3 heterocycles. The van der Waals surface area contributed by atoms with E-state index in [0.717, 1.165) is 22.3 Å². The van der Waals surface area contributed by atoms with Crippen molar-refractivity contribution in [3.63, 3.8) is 0 Å². The van der Waals surface area contributed by atoms with E-state index >= 15 is 0 Å². The SMILES string of the molecule is Cc1cnc2c(ccc3c(C)c(C)c(-c4ccc(-c5cccc6c(-c7ccc8c(c7)c7ccccc7n8-c7ccccc7)cccc56)cc4)nc32)c1C. The van der Waals surface area contributed by atoms with Gasteiger partial charge in [0.15, 0.2) is 0 Å². The van der Waals surface area contributed by atoms with E-state index in [1.165, 1.54) is 93.5 Å². The van der Waals surface area contributed by atoms with E-state index < -0.39 is 0 Å². The van der Waals surface area contributed by atoms with E-state index in [9.17, 15) is 0 Å². The van der Waals surface area contributed by atoms with Crippen LogP contribution in [0.25, 0.3) is 93.6 Å². The molecule has 0 bridgehead atoms. The first-order chi connectivity index (χ1) is 26.0. The summed E-state index contributed by atoms with van der Waals surface area (Å²) >= 11 is 0. The molecule has 0 atom stereocenters. The van der Waals surface area contributed by atoms with Crippen LogP contribution < -0.4 is 0 Å². The van der Waals surface area contributed by atoms with Gasteiger partial charge in [-0.15, -0.1) is 0 Å². The van der Waals surface area contributed by atoms with Crippen molar-refractivity contribution in [2.75, 3.05) is 0 Å². The molecule has 7 aromatic carbocycles. The van der Waals surface area contributed by atoms with Crippen LogP contribution in [0.5, 0.6) is 0 Å². The van der Waals surface area contributed by atoms with Gasteiger partial charge in [-0.2, -0.15) is 0 Å². The maximum atomic E-state index is 5.30. The van der Waals surface area contributed by atoms with Crippen LogP contribution >= 0.6 is 0 Å². The van der Waals surface area contributed by atoms with Crippen LogP contribution in [-0.4, -0.2) is 14.5 Å². The molecule has 0 aliphatic heterocycles. The molecule has 10 aromatic rings. The van der Waals surface area contributed by atoms with Crippen molar-refractivity contribution in [1.82, 2.24) is 14.5 Å². The number of pyridine rings is 2. The van der Waals surface area contributed by atoms with Gasteiger partial charge in [-0.1, -0.05) is 115 Å². The topological polar surface area (TPSA) is 30.7 Å². The molecular weight excluding hydrogens is 643 g/mol. The summed E-state index contributed by atoms with van der Waals surface area (Å²) in [6.07, 6.45) is 1.97. The third-order valence-electron chi connectivity index (χ3n) is 11.5. The molecule has 0 saturated heterocycles. The van der Waals surface area contributed by atoms with Crippen molar-refractivity contribution >= 4 is 54.4 Å². The number of hydrogen-bond donors (Lipinski definition) is 0. The average Bonchev–Trinajstić information content (AvgIpc) is 3.54. The number of hydrogen-bond acceptors (Lipinski definition) is 2. The minimum Gasteiger partial charge on any atom is -0.309 e. The number of fused-ring (bicyclic) bond motifs is 7. The van der Waals surface area contributed by atoms with Crippen LogP contribution in [0.2, 0.25) is 0 Å². The number of para-hydroxylation sites is 2. The Morgan fingerprint density at radius 3 is 1.77 bits per heavy atom. The third-order valence-corrected chi connectivity index (χ3v) is 11.5. The second kappa shape index (κ2) is 12.0. The van der Waals surface area contributed by atoms with Gasteiger partial charge in [0.05, 0.1) is 27.8 Å². The van der Waals surface area contributed by atoms with Crippen molar-refractivity contribution < 1.29 is 0 Å². The molecule has 0 fully saturated rings. The molecule has 0 aliphatic rings. The molecule has 10 rings (SSSR count). The predicted octanol–water partition coefficient (Wildman–Crippen LogP) is 13.3. The summed E-state index contributed by atoms with van der Waals surface area (Å²) < 4.78 is 2.37. The van der Waals surface area contributed by atoms with E-state index in [1.807, 2.05) is 6.20 Å². The third kappa shape index (κ3) is 4.81. The Balaban J connectivity index is 1.07. The van der Waals surface area contributed by atoms with Crippen LogP contribution in [0.4, 0.5) is 0 Å². The fourth-order valence-corrected chi connectivity index (χ4v) is 8.37. The molecule has 0 amide bonds. The molecule has 3 nitrogen and oxygen atoms in total. The average molecular weight is 680 g/mol. The van der Waals surface area contributed by atoms with E-state index in [0.29, 0.717) is 0 Å². The van der Waals surface area contributed by atoms with E-state index in [-0.39, 0.29) is 0 Å². The van der Waals surface area contributed by atoms with E-state index in [1.54, 1.807) is 0 Å². The van der Waals surface area contributed by atoms with Crippen LogP contribution in [0.1, 0.15) is 22.3 Å². The maximum Gasteiger partial charge on any atom is 0.0975 e. The molecule has 53 heavy (non-hydrogen) atoms. The van der Waals surface area contributed by atoms with Crippen molar-refractivity contribution in [1.29, 1.82) is 0 Å². The highest BCUT2D eigenvalue weighted by molar-refractivity contribution is 6.12. The fourth-order valence-electron chi connectivity index (χ4n) is 8.37. The van der Waals surface area contributed by atoms with Crippen LogP contribution in [-0.2, 0) is 0 Å². The first kappa shape index (κ1) is 31.2. The Morgan fingerprint density at radius 2 is 1.02 bits per heavy atom. The van der Waals surface area contributed by atoms with Crippen molar-refractivity contribution in [3.8, 4) is 39.2 Å². The van der Waals surface area contributed by atoms with Gasteiger partial charge < -0.3 is 4.57 Å². The number of aryl methyl sites for hydroxylation is 3. The quantitative estimate of drug-likeness (QED) is 0.173. The standard InChI is InChI=1S/C50H37N3/c1-30-29-51-49-38(31(30)2)25-26-39-32(3)33(4)48(52-50(39)49)35-22-20-34(21-23-35)40-15-10-18-43-41(16-11-17-42(40)43)36-24-27-47-45(28-36)44-14-8-9-19-46(44)53(47)37-12-6-5-7-13-37/h5-29H,1-4H3. The second-order valence-corrected chi connectivity index (χ2v) is 14.3. The number of benzene rings is 7. The van der Waals surface area contributed by atoms with Crippen LogP contribution in [0, 0.1) is 27.7 Å². The lowest BCUT2D eigenvalue weighted by molar-refractivity contribution is 1.18. The zero-order valence-electron chi connectivity index (χ0n) is 30.3. The molecule has 3 aromatic heterocycles. The molecular formula is C50H37N3. The van der Waals surface area contributed by atoms with Crippen LogP contribution in [0.3, 0.4) is 0 Å². The zero-order valence-corrected chi connectivity index (χ0v) is 30.3. The molecule has 0 radical (unpaired) electrons. The summed E-state index contributed by atoms with van der Waals surface area (Å²) in [4.78, 5) is 10.2. The molecule has 252 valence electrons. The lowest BCUT2D eigenvalue weighted by atomic mass is 9.91. The molecule has 0 spiro atoms. The predicted molar refractivity (Wildman–Crippen MR) is 224 cm³/mol. The Hall–Kier alpha value is -6.58. The zero-order chi connectivity index (χ0) is 35.8. The van der Waals surface area contributed by atoms with Gasteiger partial charge in [0, 0.05) is 39.0 Å². The normalized spacial score (nSPS) is 11.8. The minimum atomic E-state index is 0.970. The van der Waals surface area contributed by atoms with Gasteiger partial charge in [-0.05, 0) is 113 Å². The summed E-state index contributed by atoms with van der Waals surface area (Å²) in [6.45, 7) is 8.69. The first-order valence-corrected chi connectivity index (χ1v) is 18.3. The largest absolute Gasteiger partial charge is 0.309 e. The molecule has 0 N–H and O–H groups in total. The Kier molecular flexibility index (Phi) is 7.06. The lowest BCUT2D eigenvalue weighted by Gasteiger charge is -2.15. The summed E-state index contributed by atoms with van der Waals surface area (Å²) in [7, 11) is 0. The second-order valence-electron chi connectivity index (χ2n) is 14.3. The van der Waals surface area contributed by atoms with Gasteiger partial charge in [0.1, 0.15) is 0 Å². The van der Waals surface area contributed by atoms with Gasteiger partial charge in [0.2, 0.25) is 0 Å². The Bertz CT molecular complexity index is 3080. The highest BCUT2D eigenvalue weighted by Gasteiger charge is 2.17. The van der Waals surface area contributed by atoms with Crippen molar-refractivity contribution in [2.24, 2.45) is 0 Å². The van der Waals surface area contributed by atoms with Crippen molar-refractivity contribution in [2.45, 2.75) is 27.7 Å². The molecule has 0 saturated carbocycles. The molecule has 3 heteroatoms. The van der Waals surface area contributed by atoms with E-state index in [2.05, 4.69) is 178 Å². The highest BCUT2D eigenvalue weighted by Crippen LogP contribution is 2.40. The van der Waals surface area contributed by atoms with Gasteiger partial charge in [0.25, 0.3) is 0 Å². The van der Waals surface area contributed by atoms with E-state index in [4.69, 9.17) is 9.97 Å². The summed E-state index contributed by atoms with van der Waals surface area (Å²) in [5.74, 6) is 0. The number of aromatic nitrogens is 3. The smallest absolute Gasteiger partial charge is 0.0975 e. The van der Waals surface area contributed by atoms with Gasteiger partial charge in [-0.25, -0.2) is 4.98 Å². The van der Waals surface area contributed by atoms with Crippen LogP contribution in [0.15, 0.2) is 152 Å². The first-order valence-electron chi connectivity index (χ1n) is 18.3.